The van der Waals surface area contributed by atoms with Gasteiger partial charge >= 0.3 is 0 Å². The maximum Gasteiger partial charge on any atom is 0.172 e. The van der Waals surface area contributed by atoms with Gasteiger partial charge < -0.3 is 9.52 Å². The number of hydrogen-bond donors (Lipinski definition) is 1. The highest BCUT2D eigenvalue weighted by molar-refractivity contribution is 5.27. The van der Waals surface area contributed by atoms with Crippen LogP contribution < -0.4 is 0 Å². The molecule has 1 atom stereocenters. The van der Waals surface area contributed by atoms with Crippen LogP contribution in [0.1, 0.15) is 23.0 Å². The van der Waals surface area contributed by atoms with E-state index in [2.05, 4.69) is 0 Å². The van der Waals surface area contributed by atoms with Crippen molar-refractivity contribution >= 4 is 0 Å². The normalized spacial score (nSPS) is 12.7. The lowest BCUT2D eigenvalue weighted by atomic mass is 10.1. The molecule has 1 unspecified atom stereocenters. The van der Waals surface area contributed by atoms with Gasteiger partial charge in [-0.05, 0) is 12.5 Å². The van der Waals surface area contributed by atoms with Gasteiger partial charge in [-0.1, -0.05) is 30.3 Å². The smallest absolute Gasteiger partial charge is 0.172 e. The van der Waals surface area contributed by atoms with Crippen molar-refractivity contribution in [3.05, 3.63) is 59.3 Å². The highest BCUT2D eigenvalue weighted by Gasteiger charge is 2.20. The Labute approximate surface area is 87.0 Å². The summed E-state index contributed by atoms with van der Waals surface area (Å²) in [6.07, 6.45) is 0.261. The number of rotatable bonds is 2. The van der Waals surface area contributed by atoms with Crippen LogP contribution in [0.25, 0.3) is 0 Å². The molecular formula is C12H11FO2. The molecule has 0 spiro atoms. The van der Waals surface area contributed by atoms with Crippen LogP contribution in [0.5, 0.6) is 0 Å². The molecule has 2 nitrogen and oxygen atoms in total. The summed E-state index contributed by atoms with van der Waals surface area (Å²) in [5, 5.41) is 9.85. The Morgan fingerprint density at radius 3 is 2.47 bits per heavy atom. The van der Waals surface area contributed by atoms with Gasteiger partial charge in [0.15, 0.2) is 11.6 Å². The number of aliphatic hydroxyl groups is 1. The number of benzene rings is 1. The van der Waals surface area contributed by atoms with Crippen LogP contribution in [0.2, 0.25) is 0 Å². The van der Waals surface area contributed by atoms with E-state index in [-0.39, 0.29) is 5.76 Å². The molecule has 2 aromatic rings. The Bertz CT molecular complexity index is 448. The van der Waals surface area contributed by atoms with E-state index in [4.69, 9.17) is 4.42 Å². The highest BCUT2D eigenvalue weighted by Crippen LogP contribution is 2.26. The molecule has 1 heterocycles. The van der Waals surface area contributed by atoms with Gasteiger partial charge in [-0.3, -0.25) is 0 Å². The van der Waals surface area contributed by atoms with Gasteiger partial charge in [-0.15, -0.1) is 0 Å². The lowest BCUT2D eigenvalue weighted by Gasteiger charge is -2.07. The fourth-order valence-corrected chi connectivity index (χ4v) is 1.42. The second-order valence-corrected chi connectivity index (χ2v) is 3.41. The van der Waals surface area contributed by atoms with E-state index in [1.807, 2.05) is 6.07 Å². The van der Waals surface area contributed by atoms with Gasteiger partial charge in [0.05, 0.1) is 6.26 Å². The molecule has 1 N–H and O–H groups in total. The van der Waals surface area contributed by atoms with Crippen LogP contribution in [-0.4, -0.2) is 5.11 Å². The molecule has 78 valence electrons. The van der Waals surface area contributed by atoms with E-state index in [1.165, 1.54) is 6.26 Å². The predicted octanol–water partition coefficient (Wildman–Crippen LogP) is 2.81. The molecule has 2 rings (SSSR count). The number of aryl methyl sites for hydroxylation is 1. The highest BCUT2D eigenvalue weighted by atomic mass is 19.1. The summed E-state index contributed by atoms with van der Waals surface area (Å²) >= 11 is 0. The van der Waals surface area contributed by atoms with E-state index >= 15 is 0 Å². The first kappa shape index (κ1) is 9.93. The van der Waals surface area contributed by atoms with Crippen LogP contribution in [0, 0.1) is 12.7 Å². The maximum atomic E-state index is 13.4. The van der Waals surface area contributed by atoms with Crippen molar-refractivity contribution in [3.8, 4) is 0 Å². The molecule has 0 aliphatic carbocycles. The predicted molar refractivity (Wildman–Crippen MR) is 53.9 cm³/mol. The van der Waals surface area contributed by atoms with Crippen LogP contribution in [0.3, 0.4) is 0 Å². The minimum atomic E-state index is -1.04. The Balaban J connectivity index is 2.37. The standard InChI is InChI=1S/C12H11FO2/c1-8-7-15-12(10(8)13)11(14)9-5-3-2-4-6-9/h2-7,11,14H,1H3. The SMILES string of the molecule is Cc1coc(C(O)c2ccccc2)c1F. The van der Waals surface area contributed by atoms with Gasteiger partial charge in [-0.2, -0.15) is 0 Å². The monoisotopic (exact) mass is 206 g/mol. The molecule has 1 aromatic carbocycles. The molecule has 0 saturated heterocycles. The summed E-state index contributed by atoms with van der Waals surface area (Å²) in [6, 6.07) is 8.85. The quantitative estimate of drug-likeness (QED) is 0.819. The zero-order chi connectivity index (χ0) is 10.8. The molecule has 0 aliphatic rings. The summed E-state index contributed by atoms with van der Waals surface area (Å²) in [5.41, 5.74) is 1.02. The fraction of sp³-hybridized carbons (Fsp3) is 0.167. The van der Waals surface area contributed by atoms with Gasteiger partial charge in [0.2, 0.25) is 0 Å². The van der Waals surface area contributed by atoms with Crippen LogP contribution in [0.4, 0.5) is 4.39 Å². The average molecular weight is 206 g/mol. The van der Waals surface area contributed by atoms with E-state index in [0.717, 1.165) is 0 Å². The average Bonchev–Trinajstić information content (AvgIpc) is 2.60. The maximum absolute atomic E-state index is 13.4. The molecule has 0 fully saturated rings. The minimum Gasteiger partial charge on any atom is -0.463 e. The van der Waals surface area contributed by atoms with Crippen molar-refractivity contribution in [2.75, 3.05) is 0 Å². The molecule has 1 aromatic heterocycles. The molecule has 0 amide bonds. The summed E-state index contributed by atoms with van der Waals surface area (Å²) in [7, 11) is 0. The van der Waals surface area contributed by atoms with Crippen molar-refractivity contribution in [1.29, 1.82) is 0 Å². The van der Waals surface area contributed by atoms with Gasteiger partial charge in [0.25, 0.3) is 0 Å². The van der Waals surface area contributed by atoms with Crippen molar-refractivity contribution in [2.45, 2.75) is 13.0 Å². The van der Waals surface area contributed by atoms with Crippen molar-refractivity contribution in [2.24, 2.45) is 0 Å². The summed E-state index contributed by atoms with van der Waals surface area (Å²) in [4.78, 5) is 0. The topological polar surface area (TPSA) is 33.4 Å². The first-order valence-corrected chi connectivity index (χ1v) is 4.66. The number of halogens is 1. The van der Waals surface area contributed by atoms with Gasteiger partial charge in [0, 0.05) is 5.56 Å². The number of furan rings is 1. The third-order valence-corrected chi connectivity index (χ3v) is 2.29. The largest absolute Gasteiger partial charge is 0.463 e. The lowest BCUT2D eigenvalue weighted by Crippen LogP contribution is -2.00. The Morgan fingerprint density at radius 2 is 1.93 bits per heavy atom. The second-order valence-electron chi connectivity index (χ2n) is 3.41. The van der Waals surface area contributed by atoms with Crippen LogP contribution >= 0.6 is 0 Å². The van der Waals surface area contributed by atoms with Crippen LogP contribution in [-0.2, 0) is 0 Å². The number of hydrogen-bond acceptors (Lipinski definition) is 2. The van der Waals surface area contributed by atoms with E-state index in [1.54, 1.807) is 31.2 Å². The molecule has 0 aliphatic heterocycles. The van der Waals surface area contributed by atoms with E-state index in [9.17, 15) is 9.50 Å². The Hall–Kier alpha value is -1.61. The third-order valence-electron chi connectivity index (χ3n) is 2.29. The molecule has 0 radical (unpaired) electrons. The van der Waals surface area contributed by atoms with Gasteiger partial charge in [-0.25, -0.2) is 4.39 Å². The van der Waals surface area contributed by atoms with Crippen molar-refractivity contribution in [3.63, 3.8) is 0 Å². The minimum absolute atomic E-state index is 0.0290. The van der Waals surface area contributed by atoms with E-state index < -0.39 is 11.9 Å². The van der Waals surface area contributed by atoms with Crippen molar-refractivity contribution in [1.82, 2.24) is 0 Å². The zero-order valence-corrected chi connectivity index (χ0v) is 8.27. The first-order valence-electron chi connectivity index (χ1n) is 4.66. The lowest BCUT2D eigenvalue weighted by molar-refractivity contribution is 0.182. The zero-order valence-electron chi connectivity index (χ0n) is 8.27. The van der Waals surface area contributed by atoms with Crippen LogP contribution in [0.15, 0.2) is 41.0 Å². The Kier molecular flexibility index (Phi) is 2.56. The second kappa shape index (κ2) is 3.87. The molecule has 0 bridgehead atoms. The molecule has 15 heavy (non-hydrogen) atoms. The van der Waals surface area contributed by atoms with E-state index in [0.29, 0.717) is 11.1 Å². The number of aliphatic hydroxyl groups excluding tert-OH is 1. The molecule has 0 saturated carbocycles. The summed E-state index contributed by atoms with van der Waals surface area (Å²) in [5.74, 6) is -0.509. The fourth-order valence-electron chi connectivity index (χ4n) is 1.42. The van der Waals surface area contributed by atoms with Gasteiger partial charge in [0.1, 0.15) is 6.10 Å². The Morgan fingerprint density at radius 1 is 1.27 bits per heavy atom. The summed E-state index contributed by atoms with van der Waals surface area (Å²) < 4.78 is 18.4. The van der Waals surface area contributed by atoms with Crippen molar-refractivity contribution < 1.29 is 13.9 Å². The first-order chi connectivity index (χ1) is 7.20. The summed E-state index contributed by atoms with van der Waals surface area (Å²) in [6.45, 7) is 1.60. The third kappa shape index (κ3) is 1.78. The molecule has 3 heteroatoms. The molecular weight excluding hydrogens is 195 g/mol.